The van der Waals surface area contributed by atoms with Crippen molar-refractivity contribution in [1.82, 2.24) is 4.90 Å². The van der Waals surface area contributed by atoms with E-state index in [1.165, 1.54) is 29.0 Å². The van der Waals surface area contributed by atoms with Crippen LogP contribution in [0, 0.1) is 5.82 Å². The SMILES string of the molecule is CC(C(=O)Nc1ccc(F)cc1Cl)N(C)Cc1ccc2ccccc2c1. The number of rotatable bonds is 5. The molecule has 3 rings (SSSR count). The number of halogens is 2. The summed E-state index contributed by atoms with van der Waals surface area (Å²) in [5.41, 5.74) is 1.54. The topological polar surface area (TPSA) is 32.3 Å². The minimum Gasteiger partial charge on any atom is -0.323 e. The van der Waals surface area contributed by atoms with Crippen LogP contribution in [0.5, 0.6) is 0 Å². The maximum Gasteiger partial charge on any atom is 0.241 e. The van der Waals surface area contributed by atoms with Gasteiger partial charge in [0.05, 0.1) is 16.8 Å². The molecule has 3 nitrogen and oxygen atoms in total. The third kappa shape index (κ3) is 4.21. The highest BCUT2D eigenvalue weighted by molar-refractivity contribution is 6.33. The van der Waals surface area contributed by atoms with Crippen molar-refractivity contribution in [3.63, 3.8) is 0 Å². The van der Waals surface area contributed by atoms with Gasteiger partial charge in [0.1, 0.15) is 5.82 Å². The molecule has 1 unspecified atom stereocenters. The Kier molecular flexibility index (Phi) is 5.55. The molecule has 3 aromatic carbocycles. The number of amides is 1. The Morgan fingerprint density at radius 2 is 1.85 bits per heavy atom. The predicted molar refractivity (Wildman–Crippen MR) is 105 cm³/mol. The molecule has 0 bridgehead atoms. The first-order chi connectivity index (χ1) is 12.4. The number of benzene rings is 3. The molecular weight excluding hydrogens is 351 g/mol. The second-order valence-corrected chi connectivity index (χ2v) is 6.79. The number of anilines is 1. The third-order valence-corrected chi connectivity index (χ3v) is 4.79. The molecule has 1 N–H and O–H groups in total. The molecule has 0 saturated heterocycles. The largest absolute Gasteiger partial charge is 0.323 e. The maximum atomic E-state index is 13.1. The number of nitrogens with zero attached hydrogens (tertiary/aromatic N) is 1. The lowest BCUT2D eigenvalue weighted by atomic mass is 10.1. The van der Waals surface area contributed by atoms with Crippen molar-refractivity contribution in [3.8, 4) is 0 Å². The van der Waals surface area contributed by atoms with Crippen molar-refractivity contribution >= 4 is 34.0 Å². The standard InChI is InChI=1S/C21H20ClFN2O/c1-14(21(26)24-20-10-9-18(23)12-19(20)22)25(2)13-15-7-8-16-5-3-4-6-17(16)11-15/h3-12,14H,13H2,1-2H3,(H,24,26). The molecule has 0 aliphatic rings. The number of carbonyl (C=O) groups excluding carboxylic acids is 1. The molecule has 0 saturated carbocycles. The van der Waals surface area contributed by atoms with Crippen LogP contribution >= 0.6 is 11.6 Å². The second-order valence-electron chi connectivity index (χ2n) is 6.39. The quantitative estimate of drug-likeness (QED) is 0.678. The summed E-state index contributed by atoms with van der Waals surface area (Å²) in [5.74, 6) is -0.628. The first-order valence-corrected chi connectivity index (χ1v) is 8.75. The van der Waals surface area contributed by atoms with E-state index in [0.29, 0.717) is 12.2 Å². The van der Waals surface area contributed by atoms with E-state index in [1.807, 2.05) is 31.0 Å². The molecule has 1 atom stereocenters. The van der Waals surface area contributed by atoms with Crippen molar-refractivity contribution in [3.05, 3.63) is 77.1 Å². The van der Waals surface area contributed by atoms with Gasteiger partial charge in [-0.05, 0) is 54.6 Å². The van der Waals surface area contributed by atoms with Gasteiger partial charge in [-0.25, -0.2) is 4.39 Å². The molecule has 0 heterocycles. The molecule has 0 fully saturated rings. The van der Waals surface area contributed by atoms with Crippen LogP contribution in [0.4, 0.5) is 10.1 Å². The fraction of sp³-hybridized carbons (Fsp3) is 0.190. The Balaban J connectivity index is 1.67. The van der Waals surface area contributed by atoms with E-state index < -0.39 is 5.82 Å². The van der Waals surface area contributed by atoms with E-state index in [9.17, 15) is 9.18 Å². The number of carbonyl (C=O) groups is 1. The maximum absolute atomic E-state index is 13.1. The van der Waals surface area contributed by atoms with Gasteiger partial charge in [-0.1, -0.05) is 48.0 Å². The zero-order valence-corrected chi connectivity index (χ0v) is 15.4. The van der Waals surface area contributed by atoms with Crippen molar-refractivity contribution in [1.29, 1.82) is 0 Å². The Morgan fingerprint density at radius 1 is 1.12 bits per heavy atom. The zero-order chi connectivity index (χ0) is 18.7. The summed E-state index contributed by atoms with van der Waals surface area (Å²) in [6.45, 7) is 2.46. The molecule has 1 amide bonds. The average molecular weight is 371 g/mol. The Bertz CT molecular complexity index is 944. The number of likely N-dealkylation sites (N-methyl/N-ethyl adjacent to an activating group) is 1. The van der Waals surface area contributed by atoms with E-state index in [0.717, 1.165) is 5.56 Å². The van der Waals surface area contributed by atoms with Gasteiger partial charge in [-0.15, -0.1) is 0 Å². The first-order valence-electron chi connectivity index (χ1n) is 8.38. The van der Waals surface area contributed by atoms with Crippen LogP contribution in [0.15, 0.2) is 60.7 Å². The van der Waals surface area contributed by atoms with Crippen LogP contribution in [0.1, 0.15) is 12.5 Å². The fourth-order valence-electron chi connectivity index (χ4n) is 2.79. The average Bonchev–Trinajstić information content (AvgIpc) is 2.63. The Labute approximate surface area is 157 Å². The first kappa shape index (κ1) is 18.4. The normalized spacial score (nSPS) is 12.3. The van der Waals surface area contributed by atoms with E-state index >= 15 is 0 Å². The zero-order valence-electron chi connectivity index (χ0n) is 14.7. The van der Waals surface area contributed by atoms with Crippen molar-refractivity contribution in [2.45, 2.75) is 19.5 Å². The second kappa shape index (κ2) is 7.85. The Morgan fingerprint density at radius 3 is 2.58 bits per heavy atom. The summed E-state index contributed by atoms with van der Waals surface area (Å²) in [7, 11) is 1.89. The van der Waals surface area contributed by atoms with Gasteiger partial charge in [0.15, 0.2) is 0 Å². The van der Waals surface area contributed by atoms with Gasteiger partial charge in [-0.2, -0.15) is 0 Å². The smallest absolute Gasteiger partial charge is 0.241 e. The molecule has 134 valence electrons. The van der Waals surface area contributed by atoms with E-state index in [-0.39, 0.29) is 17.0 Å². The molecule has 0 radical (unpaired) electrons. The fourth-order valence-corrected chi connectivity index (χ4v) is 3.00. The lowest BCUT2D eigenvalue weighted by Crippen LogP contribution is -2.39. The molecule has 26 heavy (non-hydrogen) atoms. The minimum absolute atomic E-state index is 0.183. The Hall–Kier alpha value is -2.43. The van der Waals surface area contributed by atoms with Gasteiger partial charge in [0.25, 0.3) is 0 Å². The van der Waals surface area contributed by atoms with Gasteiger partial charge in [0, 0.05) is 6.54 Å². The highest BCUT2D eigenvalue weighted by Gasteiger charge is 2.19. The van der Waals surface area contributed by atoms with E-state index in [4.69, 9.17) is 11.6 Å². The van der Waals surface area contributed by atoms with Gasteiger partial charge in [-0.3, -0.25) is 9.69 Å². The van der Waals surface area contributed by atoms with E-state index in [2.05, 4.69) is 35.6 Å². The summed E-state index contributed by atoms with van der Waals surface area (Å²) in [5, 5.41) is 5.30. The van der Waals surface area contributed by atoms with E-state index in [1.54, 1.807) is 0 Å². The predicted octanol–water partition coefficient (Wildman–Crippen LogP) is 5.09. The molecule has 0 aliphatic carbocycles. The highest BCUT2D eigenvalue weighted by Crippen LogP contribution is 2.23. The number of fused-ring (bicyclic) bond motifs is 1. The van der Waals surface area contributed by atoms with Gasteiger partial charge < -0.3 is 5.32 Å². The van der Waals surface area contributed by atoms with Gasteiger partial charge in [0.2, 0.25) is 5.91 Å². The van der Waals surface area contributed by atoms with Crippen LogP contribution in [-0.2, 0) is 11.3 Å². The lowest BCUT2D eigenvalue weighted by Gasteiger charge is -2.24. The minimum atomic E-state index is -0.436. The van der Waals surface area contributed by atoms with Crippen molar-refractivity contribution < 1.29 is 9.18 Å². The van der Waals surface area contributed by atoms with Crippen molar-refractivity contribution in [2.75, 3.05) is 12.4 Å². The summed E-state index contributed by atoms with van der Waals surface area (Å²) < 4.78 is 13.1. The summed E-state index contributed by atoms with van der Waals surface area (Å²) in [4.78, 5) is 14.4. The van der Waals surface area contributed by atoms with Crippen LogP contribution in [-0.4, -0.2) is 23.9 Å². The van der Waals surface area contributed by atoms with Crippen LogP contribution in [0.2, 0.25) is 5.02 Å². The summed E-state index contributed by atoms with van der Waals surface area (Å²) in [6.07, 6.45) is 0. The molecule has 3 aromatic rings. The molecule has 5 heteroatoms. The number of hydrogen-bond donors (Lipinski definition) is 1. The lowest BCUT2D eigenvalue weighted by molar-refractivity contribution is -0.120. The summed E-state index contributed by atoms with van der Waals surface area (Å²) >= 11 is 5.97. The van der Waals surface area contributed by atoms with Crippen molar-refractivity contribution in [2.24, 2.45) is 0 Å². The summed E-state index contributed by atoms with van der Waals surface area (Å²) in [6, 6.07) is 18.0. The van der Waals surface area contributed by atoms with Gasteiger partial charge >= 0.3 is 0 Å². The van der Waals surface area contributed by atoms with Crippen LogP contribution in [0.3, 0.4) is 0 Å². The van der Waals surface area contributed by atoms with Crippen LogP contribution in [0.25, 0.3) is 10.8 Å². The molecular formula is C21H20ClFN2O. The third-order valence-electron chi connectivity index (χ3n) is 4.48. The number of hydrogen-bond acceptors (Lipinski definition) is 2. The molecule has 0 spiro atoms. The molecule has 0 aromatic heterocycles. The monoisotopic (exact) mass is 370 g/mol. The van der Waals surface area contributed by atoms with Crippen LogP contribution < -0.4 is 5.32 Å². The highest BCUT2D eigenvalue weighted by atomic mass is 35.5. The molecule has 0 aliphatic heterocycles. The number of nitrogens with one attached hydrogen (secondary N) is 1.